The summed E-state index contributed by atoms with van der Waals surface area (Å²) in [5, 5.41) is 3.18. The van der Waals surface area contributed by atoms with Crippen LogP contribution in [0.2, 0.25) is 5.02 Å². The van der Waals surface area contributed by atoms with Crippen LogP contribution in [0.15, 0.2) is 53.4 Å². The van der Waals surface area contributed by atoms with Crippen LogP contribution in [0.5, 0.6) is 0 Å². The topological polar surface area (TPSA) is 66.5 Å². The minimum Gasteiger partial charge on any atom is -0.350 e. The van der Waals surface area contributed by atoms with E-state index in [-0.39, 0.29) is 27.4 Å². The van der Waals surface area contributed by atoms with Crippen molar-refractivity contribution in [2.75, 3.05) is 13.1 Å². The largest absolute Gasteiger partial charge is 0.350 e. The maximum Gasteiger partial charge on any atom is 0.253 e. The molecule has 29 heavy (non-hydrogen) atoms. The summed E-state index contributed by atoms with van der Waals surface area (Å²) in [6.45, 7) is 2.97. The number of aryl methyl sites for hydroxylation is 1. The summed E-state index contributed by atoms with van der Waals surface area (Å²) >= 11 is 6.21. The molecule has 156 valence electrons. The van der Waals surface area contributed by atoms with E-state index < -0.39 is 10.0 Å². The molecule has 7 heteroatoms. The van der Waals surface area contributed by atoms with Crippen molar-refractivity contribution in [2.24, 2.45) is 0 Å². The predicted octanol–water partition coefficient (Wildman–Crippen LogP) is 4.27. The molecule has 1 N–H and O–H groups in total. The number of carbonyl (C=O) groups is 1. The second-order valence-electron chi connectivity index (χ2n) is 7.51. The lowest BCUT2D eigenvalue weighted by atomic mass is 10.1. The summed E-state index contributed by atoms with van der Waals surface area (Å²) in [7, 11) is -3.61. The summed E-state index contributed by atoms with van der Waals surface area (Å²) in [5.74, 6) is -0.355. The zero-order valence-electron chi connectivity index (χ0n) is 16.6. The first-order valence-corrected chi connectivity index (χ1v) is 11.8. The summed E-state index contributed by atoms with van der Waals surface area (Å²) in [6, 6.07) is 14.4. The molecule has 0 unspecified atom stereocenters. The molecule has 3 rings (SSSR count). The van der Waals surface area contributed by atoms with Gasteiger partial charge in [-0.3, -0.25) is 4.79 Å². The van der Waals surface area contributed by atoms with Gasteiger partial charge >= 0.3 is 0 Å². The molecule has 0 bridgehead atoms. The quantitative estimate of drug-likeness (QED) is 0.707. The van der Waals surface area contributed by atoms with Crippen LogP contribution < -0.4 is 5.32 Å². The zero-order chi connectivity index (χ0) is 20.9. The van der Waals surface area contributed by atoms with E-state index >= 15 is 0 Å². The third-order valence-corrected chi connectivity index (χ3v) is 7.45. The SMILES string of the molecule is C[C@@H](CCc1ccccc1)NC(=O)c1cc(S(=O)(=O)N2CCCCC2)ccc1Cl. The fraction of sp³-hybridized carbons (Fsp3) is 0.409. The van der Waals surface area contributed by atoms with Crippen LogP contribution >= 0.6 is 11.6 Å². The van der Waals surface area contributed by atoms with E-state index in [1.165, 1.54) is 28.1 Å². The van der Waals surface area contributed by atoms with Gasteiger partial charge in [0.1, 0.15) is 0 Å². The molecule has 0 saturated carbocycles. The van der Waals surface area contributed by atoms with Gasteiger partial charge in [-0.05, 0) is 56.4 Å². The van der Waals surface area contributed by atoms with E-state index in [0.717, 1.165) is 32.1 Å². The average Bonchev–Trinajstić information content (AvgIpc) is 2.73. The van der Waals surface area contributed by atoms with Gasteiger partial charge in [0.15, 0.2) is 0 Å². The normalized spacial score (nSPS) is 16.3. The molecular weight excluding hydrogens is 408 g/mol. The van der Waals surface area contributed by atoms with Crippen LogP contribution in [-0.2, 0) is 16.4 Å². The van der Waals surface area contributed by atoms with Crippen molar-refractivity contribution in [3.63, 3.8) is 0 Å². The van der Waals surface area contributed by atoms with Crippen LogP contribution in [0.25, 0.3) is 0 Å². The van der Waals surface area contributed by atoms with Crippen molar-refractivity contribution >= 4 is 27.5 Å². The van der Waals surface area contributed by atoms with Crippen LogP contribution in [0.4, 0.5) is 0 Å². The average molecular weight is 435 g/mol. The molecule has 2 aromatic rings. The van der Waals surface area contributed by atoms with Crippen molar-refractivity contribution in [3.8, 4) is 0 Å². The number of piperidine rings is 1. The molecule has 0 spiro atoms. The monoisotopic (exact) mass is 434 g/mol. The Labute approximate surface area is 178 Å². The van der Waals surface area contributed by atoms with E-state index in [1.807, 2.05) is 25.1 Å². The van der Waals surface area contributed by atoms with Gasteiger partial charge in [0, 0.05) is 19.1 Å². The van der Waals surface area contributed by atoms with Gasteiger partial charge < -0.3 is 5.32 Å². The molecule has 1 saturated heterocycles. The molecule has 2 aromatic carbocycles. The predicted molar refractivity (Wildman–Crippen MR) is 116 cm³/mol. The van der Waals surface area contributed by atoms with Crippen molar-refractivity contribution in [1.29, 1.82) is 0 Å². The van der Waals surface area contributed by atoms with E-state index in [2.05, 4.69) is 17.4 Å². The van der Waals surface area contributed by atoms with E-state index in [9.17, 15) is 13.2 Å². The molecule has 1 aliphatic heterocycles. The summed E-state index contributed by atoms with van der Waals surface area (Å²) in [4.78, 5) is 12.9. The molecule has 1 amide bonds. The van der Waals surface area contributed by atoms with E-state index in [0.29, 0.717) is 13.1 Å². The second-order valence-corrected chi connectivity index (χ2v) is 9.85. The van der Waals surface area contributed by atoms with Gasteiger partial charge in [-0.2, -0.15) is 4.31 Å². The number of hydrogen-bond donors (Lipinski definition) is 1. The Bertz CT molecular complexity index is 942. The van der Waals surface area contributed by atoms with Gasteiger partial charge in [0.05, 0.1) is 15.5 Å². The number of nitrogens with zero attached hydrogens (tertiary/aromatic N) is 1. The van der Waals surface area contributed by atoms with Gasteiger partial charge in [-0.15, -0.1) is 0 Å². The number of benzene rings is 2. The van der Waals surface area contributed by atoms with Gasteiger partial charge in [-0.25, -0.2) is 8.42 Å². The molecule has 0 aliphatic carbocycles. The third-order valence-electron chi connectivity index (χ3n) is 5.22. The number of carbonyl (C=O) groups excluding carboxylic acids is 1. The second kappa shape index (κ2) is 9.74. The first-order valence-electron chi connectivity index (χ1n) is 10.0. The lowest BCUT2D eigenvalue weighted by Gasteiger charge is -2.26. The number of halogens is 1. The molecule has 1 atom stereocenters. The van der Waals surface area contributed by atoms with Crippen molar-refractivity contribution in [1.82, 2.24) is 9.62 Å². The number of sulfonamides is 1. The van der Waals surface area contributed by atoms with E-state index in [4.69, 9.17) is 11.6 Å². The third kappa shape index (κ3) is 5.59. The summed E-state index contributed by atoms with van der Waals surface area (Å²) < 4.78 is 27.3. The van der Waals surface area contributed by atoms with Crippen LogP contribution in [0.1, 0.15) is 48.5 Å². The standard InChI is InChI=1S/C22H27ClN2O3S/c1-17(10-11-18-8-4-2-5-9-18)24-22(26)20-16-19(12-13-21(20)23)29(27,28)25-14-6-3-7-15-25/h2,4-5,8-9,12-13,16-17H,3,6-7,10-11,14-15H2,1H3,(H,24,26)/t17-/m0/s1. The Balaban J connectivity index is 1.69. The highest BCUT2D eigenvalue weighted by molar-refractivity contribution is 7.89. The van der Waals surface area contributed by atoms with Gasteiger partial charge in [0.25, 0.3) is 5.91 Å². The van der Waals surface area contributed by atoms with Crippen molar-refractivity contribution in [2.45, 2.75) is 50.0 Å². The Morgan fingerprint density at radius 3 is 2.48 bits per heavy atom. The van der Waals surface area contributed by atoms with Gasteiger partial charge in [-0.1, -0.05) is 48.4 Å². The first-order chi connectivity index (χ1) is 13.9. The Hall–Kier alpha value is -1.89. The molecule has 1 fully saturated rings. The summed E-state index contributed by atoms with van der Waals surface area (Å²) in [5.41, 5.74) is 1.40. The highest BCUT2D eigenvalue weighted by atomic mass is 35.5. The first kappa shape index (κ1) is 21.8. The Morgan fingerprint density at radius 2 is 1.79 bits per heavy atom. The minimum absolute atomic E-state index is 0.0684. The lowest BCUT2D eigenvalue weighted by Crippen LogP contribution is -2.36. The fourth-order valence-electron chi connectivity index (χ4n) is 3.49. The van der Waals surface area contributed by atoms with Crippen molar-refractivity contribution in [3.05, 3.63) is 64.7 Å². The summed E-state index contributed by atoms with van der Waals surface area (Å²) in [6.07, 6.45) is 4.39. The molecular formula is C22H27ClN2O3S. The highest BCUT2D eigenvalue weighted by Gasteiger charge is 2.27. The number of hydrogen-bond acceptors (Lipinski definition) is 3. The van der Waals surface area contributed by atoms with E-state index in [1.54, 1.807) is 0 Å². The van der Waals surface area contributed by atoms with Crippen LogP contribution in [0, 0.1) is 0 Å². The molecule has 0 aromatic heterocycles. The van der Waals surface area contributed by atoms with Crippen LogP contribution in [-0.4, -0.2) is 37.8 Å². The number of nitrogens with one attached hydrogen (secondary N) is 1. The van der Waals surface area contributed by atoms with Gasteiger partial charge in [0.2, 0.25) is 10.0 Å². The zero-order valence-corrected chi connectivity index (χ0v) is 18.2. The molecule has 5 nitrogen and oxygen atoms in total. The Morgan fingerprint density at radius 1 is 1.10 bits per heavy atom. The van der Waals surface area contributed by atoms with Crippen molar-refractivity contribution < 1.29 is 13.2 Å². The molecule has 1 heterocycles. The van der Waals surface area contributed by atoms with Crippen LogP contribution in [0.3, 0.4) is 0 Å². The minimum atomic E-state index is -3.61. The highest BCUT2D eigenvalue weighted by Crippen LogP contribution is 2.25. The smallest absolute Gasteiger partial charge is 0.253 e. The fourth-order valence-corrected chi connectivity index (χ4v) is 5.24. The molecule has 0 radical (unpaired) electrons. The maximum atomic E-state index is 12.9. The molecule has 1 aliphatic rings. The number of amides is 1. The maximum absolute atomic E-state index is 12.9. The Kier molecular flexibility index (Phi) is 7.33. The number of rotatable bonds is 7. The lowest BCUT2D eigenvalue weighted by molar-refractivity contribution is 0.0938.